The highest BCUT2D eigenvalue weighted by Crippen LogP contribution is 2.37. The van der Waals surface area contributed by atoms with Crippen molar-refractivity contribution in [3.63, 3.8) is 0 Å². The molecule has 1 aliphatic rings. The summed E-state index contributed by atoms with van der Waals surface area (Å²) in [5, 5.41) is 6.90. The van der Waals surface area contributed by atoms with Crippen LogP contribution in [0.25, 0.3) is 0 Å². The summed E-state index contributed by atoms with van der Waals surface area (Å²) in [4.78, 5) is 3.96. The van der Waals surface area contributed by atoms with Gasteiger partial charge in [0, 0.05) is 24.5 Å². The van der Waals surface area contributed by atoms with Crippen LogP contribution in [0.5, 0.6) is 0 Å². The quantitative estimate of drug-likeness (QED) is 0.855. The van der Waals surface area contributed by atoms with Crippen LogP contribution >= 0.6 is 34.5 Å². The second-order valence-electron chi connectivity index (χ2n) is 5.68. The van der Waals surface area contributed by atoms with Crippen LogP contribution < -0.4 is 5.32 Å². The molecule has 0 saturated carbocycles. The van der Waals surface area contributed by atoms with Crippen molar-refractivity contribution in [2.75, 3.05) is 26.2 Å². The fourth-order valence-electron chi connectivity index (χ4n) is 3.00. The van der Waals surface area contributed by atoms with Crippen molar-refractivity contribution in [1.29, 1.82) is 0 Å². The first-order valence-corrected chi connectivity index (χ1v) is 9.24. The first-order chi connectivity index (χ1) is 10.7. The van der Waals surface area contributed by atoms with E-state index in [2.05, 4.69) is 34.7 Å². The smallest absolute Gasteiger partial charge is 0.0699 e. The lowest BCUT2D eigenvalue weighted by atomic mass is 10.0. The first kappa shape index (κ1) is 16.3. The van der Waals surface area contributed by atoms with Gasteiger partial charge < -0.3 is 5.32 Å². The molecular formula is C17H20Cl2N2S. The van der Waals surface area contributed by atoms with Crippen molar-refractivity contribution < 1.29 is 0 Å². The maximum atomic E-state index is 6.27. The lowest BCUT2D eigenvalue weighted by Crippen LogP contribution is -2.32. The monoisotopic (exact) mass is 354 g/mol. The highest BCUT2D eigenvalue weighted by atomic mass is 35.5. The van der Waals surface area contributed by atoms with Crippen molar-refractivity contribution in [3.05, 3.63) is 55.7 Å². The summed E-state index contributed by atoms with van der Waals surface area (Å²) in [7, 11) is 0. The Hall–Kier alpha value is -0.580. The Morgan fingerprint density at radius 3 is 2.73 bits per heavy atom. The van der Waals surface area contributed by atoms with E-state index in [0.717, 1.165) is 26.2 Å². The van der Waals surface area contributed by atoms with Gasteiger partial charge >= 0.3 is 0 Å². The van der Waals surface area contributed by atoms with Crippen molar-refractivity contribution in [3.8, 4) is 0 Å². The fourth-order valence-corrected chi connectivity index (χ4v) is 4.39. The molecule has 0 spiro atoms. The second-order valence-corrected chi connectivity index (χ2v) is 7.45. The van der Waals surface area contributed by atoms with E-state index in [1.54, 1.807) is 0 Å². The molecule has 118 valence electrons. The summed E-state index contributed by atoms with van der Waals surface area (Å²) in [5.74, 6) is 0. The molecule has 1 N–H and O–H groups in total. The predicted molar refractivity (Wildman–Crippen MR) is 96.4 cm³/mol. The topological polar surface area (TPSA) is 15.3 Å². The minimum Gasteiger partial charge on any atom is -0.315 e. The number of halogens is 2. The van der Waals surface area contributed by atoms with Gasteiger partial charge in [0.15, 0.2) is 0 Å². The van der Waals surface area contributed by atoms with E-state index in [1.807, 2.05) is 23.5 Å². The molecule has 5 heteroatoms. The van der Waals surface area contributed by atoms with Crippen molar-refractivity contribution in [1.82, 2.24) is 10.2 Å². The number of nitrogens with zero attached hydrogens (tertiary/aromatic N) is 1. The van der Waals surface area contributed by atoms with Crippen LogP contribution in [0.4, 0.5) is 0 Å². The number of benzene rings is 1. The molecule has 0 bridgehead atoms. The van der Waals surface area contributed by atoms with Gasteiger partial charge in [0.1, 0.15) is 0 Å². The van der Waals surface area contributed by atoms with Crippen molar-refractivity contribution in [2.24, 2.45) is 0 Å². The van der Waals surface area contributed by atoms with Crippen LogP contribution in [0.1, 0.15) is 28.5 Å². The van der Waals surface area contributed by atoms with Gasteiger partial charge in [-0.3, -0.25) is 4.90 Å². The molecule has 1 unspecified atom stereocenters. The number of rotatable bonds is 3. The average Bonchev–Trinajstić information content (AvgIpc) is 2.76. The second kappa shape index (κ2) is 7.33. The Bertz CT molecular complexity index is 633. The summed E-state index contributed by atoms with van der Waals surface area (Å²) in [5.41, 5.74) is 2.57. The zero-order chi connectivity index (χ0) is 15.5. The first-order valence-electron chi connectivity index (χ1n) is 7.60. The number of nitrogens with one attached hydrogen (secondary N) is 1. The number of hydrogen-bond donors (Lipinski definition) is 1. The van der Waals surface area contributed by atoms with Gasteiger partial charge in [-0.15, -0.1) is 11.3 Å². The molecule has 1 aromatic heterocycles. The van der Waals surface area contributed by atoms with Gasteiger partial charge in [0.25, 0.3) is 0 Å². The summed E-state index contributed by atoms with van der Waals surface area (Å²) >= 11 is 14.2. The summed E-state index contributed by atoms with van der Waals surface area (Å²) < 4.78 is 0. The molecule has 1 saturated heterocycles. The molecule has 3 rings (SSSR count). The van der Waals surface area contributed by atoms with Crippen LogP contribution in [-0.4, -0.2) is 31.1 Å². The summed E-state index contributed by atoms with van der Waals surface area (Å²) in [6.07, 6.45) is 1.17. The van der Waals surface area contributed by atoms with Gasteiger partial charge in [-0.05, 0) is 54.6 Å². The summed E-state index contributed by atoms with van der Waals surface area (Å²) in [6.45, 7) is 6.44. The van der Waals surface area contributed by atoms with E-state index in [4.69, 9.17) is 23.2 Å². The molecule has 2 aromatic rings. The minimum atomic E-state index is 0.259. The number of hydrogen-bond acceptors (Lipinski definition) is 3. The molecule has 0 radical (unpaired) electrons. The zero-order valence-corrected chi connectivity index (χ0v) is 14.9. The third-order valence-electron chi connectivity index (χ3n) is 4.15. The van der Waals surface area contributed by atoms with Crippen LogP contribution in [0.3, 0.4) is 0 Å². The van der Waals surface area contributed by atoms with E-state index in [0.29, 0.717) is 10.0 Å². The molecular weight excluding hydrogens is 335 g/mol. The van der Waals surface area contributed by atoms with Crippen LogP contribution in [0.2, 0.25) is 10.0 Å². The average molecular weight is 355 g/mol. The Labute approximate surface area is 146 Å². The SMILES string of the molecule is Cc1ccsc1C(c1ccc(Cl)c(Cl)c1)N1CCCNCC1. The van der Waals surface area contributed by atoms with Crippen molar-refractivity contribution >= 4 is 34.5 Å². The van der Waals surface area contributed by atoms with Gasteiger partial charge in [0.2, 0.25) is 0 Å². The van der Waals surface area contributed by atoms with E-state index in [-0.39, 0.29) is 6.04 Å². The molecule has 1 fully saturated rings. The molecule has 2 nitrogen and oxygen atoms in total. The molecule has 1 atom stereocenters. The van der Waals surface area contributed by atoms with E-state index in [9.17, 15) is 0 Å². The molecule has 22 heavy (non-hydrogen) atoms. The zero-order valence-electron chi connectivity index (χ0n) is 12.6. The highest BCUT2D eigenvalue weighted by molar-refractivity contribution is 7.10. The number of thiophene rings is 1. The molecule has 0 amide bonds. The Balaban J connectivity index is 2.01. The third-order valence-corrected chi connectivity index (χ3v) is 5.96. The standard InChI is InChI=1S/C17H20Cl2N2S/c1-12-5-10-22-17(12)16(21-8-2-6-20-7-9-21)13-3-4-14(18)15(19)11-13/h3-5,10-11,16,20H,2,6-9H2,1H3. The largest absolute Gasteiger partial charge is 0.315 e. The van der Waals surface area contributed by atoms with E-state index >= 15 is 0 Å². The third kappa shape index (κ3) is 3.50. The molecule has 1 aliphatic heterocycles. The molecule has 1 aromatic carbocycles. The summed E-state index contributed by atoms with van der Waals surface area (Å²) in [6, 6.07) is 8.49. The van der Waals surface area contributed by atoms with Gasteiger partial charge in [-0.2, -0.15) is 0 Å². The van der Waals surface area contributed by atoms with Gasteiger partial charge in [-0.1, -0.05) is 29.3 Å². The Kier molecular flexibility index (Phi) is 5.42. The lowest BCUT2D eigenvalue weighted by Gasteiger charge is -2.31. The van der Waals surface area contributed by atoms with E-state index in [1.165, 1.54) is 22.4 Å². The molecule has 0 aliphatic carbocycles. The Morgan fingerprint density at radius 1 is 1.14 bits per heavy atom. The van der Waals surface area contributed by atoms with Gasteiger partial charge in [0.05, 0.1) is 16.1 Å². The predicted octanol–water partition coefficient (Wildman–Crippen LogP) is 4.75. The van der Waals surface area contributed by atoms with E-state index < -0.39 is 0 Å². The molecule has 2 heterocycles. The number of aryl methyl sites for hydroxylation is 1. The highest BCUT2D eigenvalue weighted by Gasteiger charge is 2.26. The minimum absolute atomic E-state index is 0.259. The van der Waals surface area contributed by atoms with Crippen molar-refractivity contribution in [2.45, 2.75) is 19.4 Å². The maximum Gasteiger partial charge on any atom is 0.0699 e. The maximum absolute atomic E-state index is 6.27. The van der Waals surface area contributed by atoms with Crippen LogP contribution in [-0.2, 0) is 0 Å². The lowest BCUT2D eigenvalue weighted by molar-refractivity contribution is 0.243. The Morgan fingerprint density at radius 2 is 2.00 bits per heavy atom. The normalized spacial score (nSPS) is 18.1. The van der Waals surface area contributed by atoms with Gasteiger partial charge in [-0.25, -0.2) is 0 Å². The fraction of sp³-hybridized carbons (Fsp3) is 0.412. The van der Waals surface area contributed by atoms with Crippen LogP contribution in [0, 0.1) is 6.92 Å². The van der Waals surface area contributed by atoms with Crippen LogP contribution in [0.15, 0.2) is 29.6 Å².